The van der Waals surface area contributed by atoms with Crippen molar-refractivity contribution < 1.29 is 5.11 Å². The van der Waals surface area contributed by atoms with E-state index in [1.165, 1.54) is 6.42 Å². The summed E-state index contributed by atoms with van der Waals surface area (Å²) in [5.41, 5.74) is 0.193. The fourth-order valence-corrected chi connectivity index (χ4v) is 3.37. The molecule has 0 heterocycles. The Morgan fingerprint density at radius 2 is 2.06 bits per heavy atom. The van der Waals surface area contributed by atoms with Crippen LogP contribution < -0.4 is 5.32 Å². The minimum atomic E-state index is -0.120. The van der Waals surface area contributed by atoms with Crippen molar-refractivity contribution in [2.75, 3.05) is 13.2 Å². The van der Waals surface area contributed by atoms with Gasteiger partial charge < -0.3 is 5.11 Å². The third-order valence-electron chi connectivity index (χ3n) is 3.49. The summed E-state index contributed by atoms with van der Waals surface area (Å²) in [5.74, 6) is 6.58. The van der Waals surface area contributed by atoms with Crippen LogP contribution in [0.15, 0.2) is 0 Å². The van der Waals surface area contributed by atoms with Crippen molar-refractivity contribution in [1.29, 1.82) is 0 Å². The van der Waals surface area contributed by atoms with Crippen LogP contribution in [0.2, 0.25) is 0 Å². The third-order valence-corrected chi connectivity index (χ3v) is 3.49. The van der Waals surface area contributed by atoms with Crippen molar-refractivity contribution in [3.05, 3.63) is 0 Å². The molecule has 16 heavy (non-hydrogen) atoms. The van der Waals surface area contributed by atoms with Gasteiger partial charge in [0.1, 0.15) is 0 Å². The maximum Gasteiger partial charge on any atom is 0.0613 e. The van der Waals surface area contributed by atoms with Crippen LogP contribution in [0.3, 0.4) is 0 Å². The van der Waals surface area contributed by atoms with Crippen molar-refractivity contribution in [3.8, 4) is 11.8 Å². The van der Waals surface area contributed by atoms with Gasteiger partial charge in [-0.1, -0.05) is 26.7 Å². The topological polar surface area (TPSA) is 32.3 Å². The molecule has 1 saturated carbocycles. The Labute approximate surface area is 99.8 Å². The molecule has 0 radical (unpaired) electrons. The van der Waals surface area contributed by atoms with Crippen molar-refractivity contribution in [3.63, 3.8) is 0 Å². The molecule has 0 aliphatic heterocycles. The van der Waals surface area contributed by atoms with E-state index in [0.717, 1.165) is 12.8 Å². The average molecular weight is 223 g/mol. The number of aliphatic hydroxyl groups excluding tert-OH is 1. The van der Waals surface area contributed by atoms with Crippen LogP contribution in [-0.2, 0) is 0 Å². The molecule has 0 spiro atoms. The Hall–Kier alpha value is -0.520. The number of nitrogens with one attached hydrogen (secondary N) is 1. The van der Waals surface area contributed by atoms with E-state index in [-0.39, 0.29) is 12.1 Å². The van der Waals surface area contributed by atoms with Gasteiger partial charge in [-0.05, 0) is 37.5 Å². The van der Waals surface area contributed by atoms with Crippen LogP contribution in [-0.4, -0.2) is 23.8 Å². The highest BCUT2D eigenvalue weighted by molar-refractivity contribution is 5.04. The van der Waals surface area contributed by atoms with Gasteiger partial charge in [-0.15, -0.1) is 5.92 Å². The molecule has 2 heteroatoms. The fraction of sp³-hybridized carbons (Fsp3) is 0.857. The van der Waals surface area contributed by atoms with E-state index in [2.05, 4.69) is 37.9 Å². The first kappa shape index (κ1) is 13.5. The summed E-state index contributed by atoms with van der Waals surface area (Å²) in [4.78, 5) is 0. The van der Waals surface area contributed by atoms with E-state index < -0.39 is 0 Å². The summed E-state index contributed by atoms with van der Waals surface area (Å²) in [6, 6.07) is 0. The van der Waals surface area contributed by atoms with Crippen LogP contribution in [0, 0.1) is 23.2 Å². The number of hydrogen-bond acceptors (Lipinski definition) is 2. The van der Waals surface area contributed by atoms with E-state index in [1.807, 2.05) is 6.92 Å². The highest BCUT2D eigenvalue weighted by Crippen LogP contribution is 2.43. The van der Waals surface area contributed by atoms with Crippen LogP contribution in [0.1, 0.15) is 47.0 Å². The van der Waals surface area contributed by atoms with Gasteiger partial charge in [0.25, 0.3) is 0 Å². The van der Waals surface area contributed by atoms with Gasteiger partial charge in [0.15, 0.2) is 0 Å². The first-order valence-electron chi connectivity index (χ1n) is 6.18. The van der Waals surface area contributed by atoms with Crippen molar-refractivity contribution >= 4 is 0 Å². The van der Waals surface area contributed by atoms with Gasteiger partial charge in [-0.2, -0.15) is 0 Å². The summed E-state index contributed by atoms with van der Waals surface area (Å²) in [5, 5.41) is 13.1. The standard InChI is InChI=1S/C14H25NO/c1-5-6-7-15-14(11-16)9-12(2)8-13(3,4)10-14/h12,15-16H,7-11H2,1-4H3/t12-,14-/m0/s1. The zero-order chi connectivity index (χ0) is 12.2. The predicted molar refractivity (Wildman–Crippen MR) is 68.1 cm³/mol. The van der Waals surface area contributed by atoms with Gasteiger partial charge in [-0.25, -0.2) is 0 Å². The maximum atomic E-state index is 9.68. The SMILES string of the molecule is CC#CCN[C@@]1(CO)C[C@@H](C)CC(C)(C)C1. The lowest BCUT2D eigenvalue weighted by Crippen LogP contribution is -2.55. The van der Waals surface area contributed by atoms with Gasteiger partial charge in [0.2, 0.25) is 0 Å². The molecular formula is C14H25NO. The van der Waals surface area contributed by atoms with Crippen LogP contribution in [0.5, 0.6) is 0 Å². The van der Waals surface area contributed by atoms with Crippen molar-refractivity contribution in [1.82, 2.24) is 5.32 Å². The largest absolute Gasteiger partial charge is 0.394 e. The van der Waals surface area contributed by atoms with Crippen molar-refractivity contribution in [2.45, 2.75) is 52.5 Å². The van der Waals surface area contributed by atoms with E-state index in [0.29, 0.717) is 17.9 Å². The molecule has 1 aliphatic carbocycles. The first-order chi connectivity index (χ1) is 7.43. The first-order valence-corrected chi connectivity index (χ1v) is 6.18. The Bertz CT molecular complexity index is 287. The quantitative estimate of drug-likeness (QED) is 0.719. The maximum absolute atomic E-state index is 9.68. The molecule has 1 rings (SSSR count). The molecule has 0 amide bonds. The Balaban J connectivity index is 2.72. The van der Waals surface area contributed by atoms with E-state index in [1.54, 1.807) is 0 Å². The normalized spacial score (nSPS) is 32.9. The highest BCUT2D eigenvalue weighted by Gasteiger charge is 2.41. The summed E-state index contributed by atoms with van der Waals surface area (Å²) in [6.45, 7) is 9.60. The van der Waals surface area contributed by atoms with E-state index in [4.69, 9.17) is 0 Å². The van der Waals surface area contributed by atoms with Crippen LogP contribution >= 0.6 is 0 Å². The Morgan fingerprint density at radius 3 is 2.56 bits per heavy atom. The zero-order valence-electron chi connectivity index (χ0n) is 11.1. The summed E-state index contributed by atoms with van der Waals surface area (Å²) >= 11 is 0. The van der Waals surface area contributed by atoms with E-state index in [9.17, 15) is 5.11 Å². The molecule has 0 bridgehead atoms. The number of hydrogen-bond donors (Lipinski definition) is 2. The van der Waals surface area contributed by atoms with Crippen molar-refractivity contribution in [2.24, 2.45) is 11.3 Å². The fourth-order valence-electron chi connectivity index (χ4n) is 3.37. The second-order valence-electron chi connectivity index (χ2n) is 6.07. The second-order valence-corrected chi connectivity index (χ2v) is 6.07. The molecule has 0 aromatic carbocycles. The lowest BCUT2D eigenvalue weighted by molar-refractivity contribution is 0.0392. The molecule has 0 saturated heterocycles. The predicted octanol–water partition coefficient (Wildman–Crippen LogP) is 2.18. The number of aliphatic hydroxyl groups is 1. The van der Waals surface area contributed by atoms with Crippen LogP contribution in [0.25, 0.3) is 0 Å². The van der Waals surface area contributed by atoms with E-state index >= 15 is 0 Å². The molecular weight excluding hydrogens is 198 g/mol. The molecule has 2 nitrogen and oxygen atoms in total. The molecule has 0 aromatic heterocycles. The number of rotatable bonds is 3. The molecule has 1 fully saturated rings. The van der Waals surface area contributed by atoms with Crippen LogP contribution in [0.4, 0.5) is 0 Å². The highest BCUT2D eigenvalue weighted by atomic mass is 16.3. The zero-order valence-corrected chi connectivity index (χ0v) is 11.1. The summed E-state index contributed by atoms with van der Waals surface area (Å²) in [6.07, 6.45) is 3.33. The van der Waals surface area contributed by atoms with Gasteiger partial charge in [0, 0.05) is 5.54 Å². The monoisotopic (exact) mass is 223 g/mol. The molecule has 0 aromatic rings. The summed E-state index contributed by atoms with van der Waals surface area (Å²) < 4.78 is 0. The summed E-state index contributed by atoms with van der Waals surface area (Å²) in [7, 11) is 0. The molecule has 2 atom stereocenters. The Morgan fingerprint density at radius 1 is 1.38 bits per heavy atom. The third kappa shape index (κ3) is 3.50. The minimum absolute atomic E-state index is 0.120. The second kappa shape index (κ2) is 5.21. The minimum Gasteiger partial charge on any atom is -0.394 e. The lowest BCUT2D eigenvalue weighted by atomic mass is 9.64. The lowest BCUT2D eigenvalue weighted by Gasteiger charge is -2.47. The van der Waals surface area contributed by atoms with Gasteiger partial charge in [0.05, 0.1) is 13.2 Å². The van der Waals surface area contributed by atoms with Gasteiger partial charge >= 0.3 is 0 Å². The smallest absolute Gasteiger partial charge is 0.0613 e. The molecule has 1 aliphatic rings. The molecule has 92 valence electrons. The molecule has 0 unspecified atom stereocenters. The van der Waals surface area contributed by atoms with Gasteiger partial charge in [-0.3, -0.25) is 5.32 Å². The average Bonchev–Trinajstić information content (AvgIpc) is 2.15. The Kier molecular flexibility index (Phi) is 4.41. The molecule has 2 N–H and O–H groups in total.